The largest absolute Gasteiger partial charge is 0.468 e. The Bertz CT molecular complexity index is 310. The topological polar surface area (TPSA) is 28.4 Å². The summed E-state index contributed by atoms with van der Waals surface area (Å²) in [6.07, 6.45) is 7.09. The van der Waals surface area contributed by atoms with Gasteiger partial charge in [-0.2, -0.15) is 0 Å². The van der Waals surface area contributed by atoms with Crippen LogP contribution >= 0.6 is 0 Å². The molecule has 0 radical (unpaired) electrons. The maximum absolute atomic E-state index is 5.39. The minimum absolute atomic E-state index is 0.318. The summed E-state index contributed by atoms with van der Waals surface area (Å²) in [5.41, 5.74) is 0. The molecule has 2 heterocycles. The normalized spacial score (nSPS) is 23.8. The number of likely N-dealkylation sites (tertiary alicyclic amines) is 1. The van der Waals surface area contributed by atoms with Crippen molar-refractivity contribution in [2.24, 2.45) is 0 Å². The van der Waals surface area contributed by atoms with Gasteiger partial charge in [0, 0.05) is 6.04 Å². The van der Waals surface area contributed by atoms with Gasteiger partial charge in [0.05, 0.1) is 12.3 Å². The summed E-state index contributed by atoms with van der Waals surface area (Å²) in [5, 5.41) is 3.53. The minimum Gasteiger partial charge on any atom is -0.468 e. The molecule has 96 valence electrons. The van der Waals surface area contributed by atoms with Crippen molar-refractivity contribution in [3.05, 3.63) is 24.2 Å². The zero-order valence-electron chi connectivity index (χ0n) is 11.0. The van der Waals surface area contributed by atoms with E-state index in [1.54, 1.807) is 6.26 Å². The SMILES string of the molecule is C[C@@H](NCCC1CCCCN1C)c1ccco1. The first-order valence-electron chi connectivity index (χ1n) is 6.74. The Labute approximate surface area is 104 Å². The van der Waals surface area contributed by atoms with Crippen LogP contribution in [0.15, 0.2) is 22.8 Å². The van der Waals surface area contributed by atoms with Crippen LogP contribution in [0.1, 0.15) is 44.4 Å². The Kier molecular flexibility index (Phi) is 4.63. The molecule has 0 bridgehead atoms. The third-order valence-electron chi connectivity index (χ3n) is 3.82. The van der Waals surface area contributed by atoms with Gasteiger partial charge >= 0.3 is 0 Å². The van der Waals surface area contributed by atoms with Crippen molar-refractivity contribution in [2.75, 3.05) is 20.1 Å². The molecule has 1 aromatic rings. The smallest absolute Gasteiger partial charge is 0.120 e. The van der Waals surface area contributed by atoms with Crippen LogP contribution in [0.25, 0.3) is 0 Å². The van der Waals surface area contributed by atoms with Crippen LogP contribution in [-0.2, 0) is 0 Å². The summed E-state index contributed by atoms with van der Waals surface area (Å²) in [4.78, 5) is 2.50. The lowest BCUT2D eigenvalue weighted by Crippen LogP contribution is -2.38. The third kappa shape index (κ3) is 3.58. The van der Waals surface area contributed by atoms with Gasteiger partial charge in [0.1, 0.15) is 5.76 Å². The summed E-state index contributed by atoms with van der Waals surface area (Å²) >= 11 is 0. The highest BCUT2D eigenvalue weighted by atomic mass is 16.3. The van der Waals surface area contributed by atoms with Crippen LogP contribution in [0, 0.1) is 0 Å². The van der Waals surface area contributed by atoms with Gasteiger partial charge in [-0.3, -0.25) is 0 Å². The maximum atomic E-state index is 5.39. The van der Waals surface area contributed by atoms with Gasteiger partial charge < -0.3 is 14.6 Å². The van der Waals surface area contributed by atoms with E-state index in [1.165, 1.54) is 32.2 Å². The monoisotopic (exact) mass is 236 g/mol. The summed E-state index contributed by atoms with van der Waals surface area (Å²) < 4.78 is 5.39. The van der Waals surface area contributed by atoms with Gasteiger partial charge in [-0.25, -0.2) is 0 Å². The van der Waals surface area contributed by atoms with Crippen LogP contribution in [0.3, 0.4) is 0 Å². The fraction of sp³-hybridized carbons (Fsp3) is 0.714. The summed E-state index contributed by atoms with van der Waals surface area (Å²) in [5.74, 6) is 1.03. The second-order valence-corrected chi connectivity index (χ2v) is 5.11. The first-order chi connectivity index (χ1) is 8.27. The van der Waals surface area contributed by atoms with E-state index in [0.717, 1.165) is 18.3 Å². The van der Waals surface area contributed by atoms with E-state index in [9.17, 15) is 0 Å². The molecule has 0 aliphatic carbocycles. The van der Waals surface area contributed by atoms with Crippen molar-refractivity contribution in [1.82, 2.24) is 10.2 Å². The number of hydrogen-bond acceptors (Lipinski definition) is 3. The quantitative estimate of drug-likeness (QED) is 0.852. The van der Waals surface area contributed by atoms with Crippen LogP contribution in [0.4, 0.5) is 0 Å². The Balaban J connectivity index is 1.68. The minimum atomic E-state index is 0.318. The highest BCUT2D eigenvalue weighted by Crippen LogP contribution is 2.18. The molecule has 1 aliphatic rings. The first kappa shape index (κ1) is 12.7. The molecular formula is C14H24N2O. The van der Waals surface area contributed by atoms with Crippen molar-refractivity contribution < 1.29 is 4.42 Å². The number of hydrogen-bond donors (Lipinski definition) is 1. The van der Waals surface area contributed by atoms with Crippen LogP contribution in [0.5, 0.6) is 0 Å². The van der Waals surface area contributed by atoms with E-state index < -0.39 is 0 Å². The molecule has 1 fully saturated rings. The standard InChI is InChI=1S/C14H24N2O/c1-12(14-7-5-11-17-14)15-9-8-13-6-3-4-10-16(13)2/h5,7,11-13,15H,3-4,6,8-10H2,1-2H3/t12-,13?/m1/s1. The van der Waals surface area contributed by atoms with Crippen molar-refractivity contribution in [3.8, 4) is 0 Å². The van der Waals surface area contributed by atoms with Gasteiger partial charge in [-0.1, -0.05) is 6.42 Å². The molecule has 2 rings (SSSR count). The average Bonchev–Trinajstić information content (AvgIpc) is 2.85. The predicted molar refractivity (Wildman–Crippen MR) is 70.0 cm³/mol. The molecule has 1 saturated heterocycles. The molecule has 1 aromatic heterocycles. The summed E-state index contributed by atoms with van der Waals surface area (Å²) in [7, 11) is 2.25. The van der Waals surface area contributed by atoms with Gasteiger partial charge in [0.2, 0.25) is 0 Å². The van der Waals surface area contributed by atoms with E-state index in [-0.39, 0.29) is 0 Å². The number of rotatable bonds is 5. The van der Waals surface area contributed by atoms with Gasteiger partial charge in [-0.05, 0) is 58.5 Å². The van der Waals surface area contributed by atoms with Crippen molar-refractivity contribution in [3.63, 3.8) is 0 Å². The fourth-order valence-electron chi connectivity index (χ4n) is 2.61. The van der Waals surface area contributed by atoms with Crippen molar-refractivity contribution in [2.45, 2.75) is 44.7 Å². The zero-order chi connectivity index (χ0) is 12.1. The highest BCUT2D eigenvalue weighted by molar-refractivity contribution is 5.02. The molecule has 3 heteroatoms. The second kappa shape index (κ2) is 6.22. The van der Waals surface area contributed by atoms with Gasteiger partial charge in [0.15, 0.2) is 0 Å². The summed E-state index contributed by atoms with van der Waals surface area (Å²) in [6, 6.07) is 5.06. The van der Waals surface area contributed by atoms with E-state index in [2.05, 4.69) is 24.2 Å². The molecule has 1 unspecified atom stereocenters. The van der Waals surface area contributed by atoms with Crippen molar-refractivity contribution in [1.29, 1.82) is 0 Å². The second-order valence-electron chi connectivity index (χ2n) is 5.11. The maximum Gasteiger partial charge on any atom is 0.120 e. The Morgan fingerprint density at radius 1 is 1.53 bits per heavy atom. The van der Waals surface area contributed by atoms with Gasteiger partial charge in [0.25, 0.3) is 0 Å². The molecule has 3 nitrogen and oxygen atoms in total. The summed E-state index contributed by atoms with van der Waals surface area (Å²) in [6.45, 7) is 4.48. The van der Waals surface area contributed by atoms with Crippen LogP contribution in [-0.4, -0.2) is 31.1 Å². The average molecular weight is 236 g/mol. The molecule has 0 saturated carbocycles. The van der Waals surface area contributed by atoms with Crippen LogP contribution < -0.4 is 5.32 Å². The first-order valence-corrected chi connectivity index (χ1v) is 6.74. The van der Waals surface area contributed by atoms with E-state index in [1.807, 2.05) is 12.1 Å². The molecule has 0 spiro atoms. The third-order valence-corrected chi connectivity index (χ3v) is 3.82. The zero-order valence-corrected chi connectivity index (χ0v) is 11.0. The molecule has 1 N–H and O–H groups in total. The Hall–Kier alpha value is -0.800. The Morgan fingerprint density at radius 3 is 3.12 bits per heavy atom. The number of nitrogens with zero attached hydrogens (tertiary/aromatic N) is 1. The molecule has 17 heavy (non-hydrogen) atoms. The molecular weight excluding hydrogens is 212 g/mol. The number of piperidine rings is 1. The lowest BCUT2D eigenvalue weighted by molar-refractivity contribution is 0.174. The van der Waals surface area contributed by atoms with E-state index in [4.69, 9.17) is 4.42 Å². The fourth-order valence-corrected chi connectivity index (χ4v) is 2.61. The lowest BCUT2D eigenvalue weighted by Gasteiger charge is -2.32. The van der Waals surface area contributed by atoms with Gasteiger partial charge in [-0.15, -0.1) is 0 Å². The predicted octanol–water partition coefficient (Wildman–Crippen LogP) is 2.80. The highest BCUT2D eigenvalue weighted by Gasteiger charge is 2.18. The van der Waals surface area contributed by atoms with E-state index in [0.29, 0.717) is 6.04 Å². The molecule has 1 aliphatic heterocycles. The number of nitrogens with one attached hydrogen (secondary N) is 1. The Morgan fingerprint density at radius 2 is 2.41 bits per heavy atom. The molecule has 0 amide bonds. The molecule has 2 atom stereocenters. The van der Waals surface area contributed by atoms with E-state index >= 15 is 0 Å². The van der Waals surface area contributed by atoms with Crippen LogP contribution in [0.2, 0.25) is 0 Å². The lowest BCUT2D eigenvalue weighted by atomic mass is 10.00. The molecule has 0 aromatic carbocycles. The van der Waals surface area contributed by atoms with Crippen molar-refractivity contribution >= 4 is 0 Å². The number of furan rings is 1.